The molecule has 19 heavy (non-hydrogen) atoms. The van der Waals surface area contributed by atoms with E-state index in [0.29, 0.717) is 22.9 Å². The second-order valence-electron chi connectivity index (χ2n) is 4.59. The van der Waals surface area contributed by atoms with Gasteiger partial charge < -0.3 is 15.2 Å². The van der Waals surface area contributed by atoms with Crippen LogP contribution in [0.25, 0.3) is 0 Å². The number of ether oxygens (including phenoxy) is 1. The van der Waals surface area contributed by atoms with Crippen molar-refractivity contribution in [2.45, 2.75) is 26.9 Å². The highest BCUT2D eigenvalue weighted by molar-refractivity contribution is 6.30. The van der Waals surface area contributed by atoms with Gasteiger partial charge in [-0.25, -0.2) is 0 Å². The fourth-order valence-corrected chi connectivity index (χ4v) is 1.65. The maximum atomic E-state index is 12.0. The van der Waals surface area contributed by atoms with Crippen LogP contribution < -0.4 is 10.1 Å². The van der Waals surface area contributed by atoms with Gasteiger partial charge in [-0.05, 0) is 31.0 Å². The Balaban J connectivity index is 2.76. The lowest BCUT2D eigenvalue weighted by molar-refractivity contribution is 0.0868. The zero-order valence-corrected chi connectivity index (χ0v) is 12.2. The highest BCUT2D eigenvalue weighted by atomic mass is 35.5. The molecule has 0 saturated heterocycles. The van der Waals surface area contributed by atoms with E-state index in [-0.39, 0.29) is 18.4 Å². The summed E-state index contributed by atoms with van der Waals surface area (Å²) in [5.41, 5.74) is 0.419. The number of benzene rings is 1. The van der Waals surface area contributed by atoms with Crippen molar-refractivity contribution in [3.05, 3.63) is 28.8 Å². The number of nitrogens with one attached hydrogen (secondary N) is 1. The van der Waals surface area contributed by atoms with Gasteiger partial charge in [0, 0.05) is 11.6 Å². The summed E-state index contributed by atoms with van der Waals surface area (Å²) in [4.78, 5) is 12.0. The van der Waals surface area contributed by atoms with Crippen molar-refractivity contribution < 1.29 is 14.6 Å². The number of aliphatic hydroxyl groups is 1. The third-order valence-corrected chi connectivity index (χ3v) is 2.96. The van der Waals surface area contributed by atoms with Crippen molar-refractivity contribution >= 4 is 17.5 Å². The quantitative estimate of drug-likeness (QED) is 0.844. The Morgan fingerprint density at radius 1 is 1.47 bits per heavy atom. The van der Waals surface area contributed by atoms with E-state index in [1.807, 2.05) is 20.8 Å². The number of aliphatic hydroxyl groups excluding tert-OH is 1. The summed E-state index contributed by atoms with van der Waals surface area (Å²) in [6.45, 7) is 6.29. The molecule has 1 aromatic rings. The molecular formula is C14H20ClNO3. The van der Waals surface area contributed by atoms with Crippen LogP contribution in [0.3, 0.4) is 0 Å². The van der Waals surface area contributed by atoms with E-state index in [4.69, 9.17) is 16.3 Å². The molecule has 1 amide bonds. The number of amides is 1. The van der Waals surface area contributed by atoms with Crippen molar-refractivity contribution in [2.75, 3.05) is 13.2 Å². The van der Waals surface area contributed by atoms with E-state index in [0.717, 1.165) is 0 Å². The number of rotatable bonds is 6. The van der Waals surface area contributed by atoms with E-state index in [9.17, 15) is 9.90 Å². The highest BCUT2D eigenvalue weighted by Crippen LogP contribution is 2.23. The molecule has 0 saturated carbocycles. The van der Waals surface area contributed by atoms with E-state index >= 15 is 0 Å². The molecule has 0 spiro atoms. The molecule has 0 aliphatic carbocycles. The zero-order chi connectivity index (χ0) is 14.4. The predicted octanol–water partition coefficient (Wildman–Crippen LogP) is 2.49. The van der Waals surface area contributed by atoms with Crippen LogP contribution in [0.2, 0.25) is 5.02 Å². The molecule has 5 heteroatoms. The Hall–Kier alpha value is -1.26. The fourth-order valence-electron chi connectivity index (χ4n) is 1.49. The van der Waals surface area contributed by atoms with Crippen molar-refractivity contribution in [1.29, 1.82) is 0 Å². The number of hydrogen-bond donors (Lipinski definition) is 2. The van der Waals surface area contributed by atoms with Gasteiger partial charge in [-0.2, -0.15) is 0 Å². The lowest BCUT2D eigenvalue weighted by Gasteiger charge is -2.16. The first-order chi connectivity index (χ1) is 8.95. The van der Waals surface area contributed by atoms with Crippen LogP contribution in [-0.2, 0) is 0 Å². The molecule has 106 valence electrons. The number of halogens is 1. The molecule has 0 heterocycles. The second kappa shape index (κ2) is 7.36. The van der Waals surface area contributed by atoms with Gasteiger partial charge in [-0.15, -0.1) is 0 Å². The first-order valence-corrected chi connectivity index (χ1v) is 6.72. The summed E-state index contributed by atoms with van der Waals surface area (Å²) < 4.78 is 5.39. The van der Waals surface area contributed by atoms with Gasteiger partial charge in [0.1, 0.15) is 5.75 Å². The summed E-state index contributed by atoms with van der Waals surface area (Å²) >= 11 is 5.87. The summed E-state index contributed by atoms with van der Waals surface area (Å²) in [6.07, 6.45) is -0.563. The largest absolute Gasteiger partial charge is 0.493 e. The molecule has 1 unspecified atom stereocenters. The summed E-state index contributed by atoms with van der Waals surface area (Å²) in [6, 6.07) is 4.86. The predicted molar refractivity (Wildman–Crippen MR) is 75.8 cm³/mol. The first kappa shape index (κ1) is 15.8. The van der Waals surface area contributed by atoms with Crippen LogP contribution >= 0.6 is 11.6 Å². The van der Waals surface area contributed by atoms with E-state index in [1.54, 1.807) is 18.2 Å². The monoisotopic (exact) mass is 285 g/mol. The van der Waals surface area contributed by atoms with Gasteiger partial charge in [0.15, 0.2) is 0 Å². The Labute approximate surface area is 118 Å². The molecule has 0 aliphatic heterocycles. The topological polar surface area (TPSA) is 58.6 Å². The molecule has 0 fully saturated rings. The normalized spacial score (nSPS) is 12.3. The maximum absolute atomic E-state index is 12.0. The Morgan fingerprint density at radius 2 is 2.16 bits per heavy atom. The average molecular weight is 286 g/mol. The van der Waals surface area contributed by atoms with Crippen LogP contribution in [0.5, 0.6) is 5.75 Å². The summed E-state index contributed by atoms with van der Waals surface area (Å²) in [7, 11) is 0. The lowest BCUT2D eigenvalue weighted by atomic mass is 10.1. The molecule has 0 aliphatic rings. The Morgan fingerprint density at radius 3 is 2.74 bits per heavy atom. The van der Waals surface area contributed by atoms with E-state index < -0.39 is 6.10 Å². The number of hydrogen-bond acceptors (Lipinski definition) is 3. The molecule has 0 aromatic heterocycles. The SMILES string of the molecule is CCOc1cc(Cl)ccc1C(=O)NCC(O)C(C)C. The Kier molecular flexibility index (Phi) is 6.12. The van der Waals surface area contributed by atoms with Crippen molar-refractivity contribution in [1.82, 2.24) is 5.32 Å². The van der Waals surface area contributed by atoms with E-state index in [1.165, 1.54) is 0 Å². The summed E-state index contributed by atoms with van der Waals surface area (Å²) in [5.74, 6) is 0.267. The van der Waals surface area contributed by atoms with Crippen LogP contribution in [0, 0.1) is 5.92 Å². The standard InChI is InChI=1S/C14H20ClNO3/c1-4-19-13-7-10(15)5-6-11(13)14(18)16-8-12(17)9(2)3/h5-7,9,12,17H,4,8H2,1-3H3,(H,16,18). The van der Waals surface area contributed by atoms with Gasteiger partial charge in [0.05, 0.1) is 18.3 Å². The van der Waals surface area contributed by atoms with Crippen molar-refractivity contribution in [2.24, 2.45) is 5.92 Å². The summed E-state index contributed by atoms with van der Waals surface area (Å²) in [5, 5.41) is 12.9. The molecule has 1 aromatic carbocycles. The van der Waals surface area contributed by atoms with Gasteiger partial charge in [-0.1, -0.05) is 25.4 Å². The molecule has 0 bridgehead atoms. The van der Waals surface area contributed by atoms with Crippen LogP contribution in [0.1, 0.15) is 31.1 Å². The maximum Gasteiger partial charge on any atom is 0.255 e. The fraction of sp³-hybridized carbons (Fsp3) is 0.500. The smallest absolute Gasteiger partial charge is 0.255 e. The minimum atomic E-state index is -0.563. The van der Waals surface area contributed by atoms with Crippen LogP contribution in [0.15, 0.2) is 18.2 Å². The molecule has 1 rings (SSSR count). The first-order valence-electron chi connectivity index (χ1n) is 6.34. The van der Waals surface area contributed by atoms with Crippen LogP contribution in [0.4, 0.5) is 0 Å². The molecule has 0 radical (unpaired) electrons. The van der Waals surface area contributed by atoms with Crippen LogP contribution in [-0.4, -0.2) is 30.3 Å². The molecule has 1 atom stereocenters. The van der Waals surface area contributed by atoms with Gasteiger partial charge in [0.2, 0.25) is 0 Å². The third kappa shape index (κ3) is 4.73. The minimum Gasteiger partial charge on any atom is -0.493 e. The van der Waals surface area contributed by atoms with Crippen molar-refractivity contribution in [3.63, 3.8) is 0 Å². The highest BCUT2D eigenvalue weighted by Gasteiger charge is 2.15. The second-order valence-corrected chi connectivity index (χ2v) is 5.03. The van der Waals surface area contributed by atoms with Gasteiger partial charge >= 0.3 is 0 Å². The zero-order valence-electron chi connectivity index (χ0n) is 11.4. The van der Waals surface area contributed by atoms with E-state index in [2.05, 4.69) is 5.32 Å². The average Bonchev–Trinajstić information content (AvgIpc) is 2.36. The Bertz CT molecular complexity index is 435. The van der Waals surface area contributed by atoms with Gasteiger partial charge in [-0.3, -0.25) is 4.79 Å². The van der Waals surface area contributed by atoms with Crippen molar-refractivity contribution in [3.8, 4) is 5.75 Å². The minimum absolute atomic E-state index is 0.0943. The number of carbonyl (C=O) groups excluding carboxylic acids is 1. The molecule has 2 N–H and O–H groups in total. The third-order valence-electron chi connectivity index (χ3n) is 2.73. The van der Waals surface area contributed by atoms with Gasteiger partial charge in [0.25, 0.3) is 5.91 Å². The molecular weight excluding hydrogens is 266 g/mol. The number of carbonyl (C=O) groups is 1. The molecule has 4 nitrogen and oxygen atoms in total. The lowest BCUT2D eigenvalue weighted by Crippen LogP contribution is -2.34.